The lowest BCUT2D eigenvalue weighted by Gasteiger charge is -2.09. The van der Waals surface area contributed by atoms with Crippen LogP contribution in [0.15, 0.2) is 40.9 Å². The van der Waals surface area contributed by atoms with Crippen molar-refractivity contribution in [2.24, 2.45) is 0 Å². The lowest BCUT2D eigenvalue weighted by Crippen LogP contribution is -2.21. The molecule has 2 rings (SSSR count). The summed E-state index contributed by atoms with van der Waals surface area (Å²) >= 11 is 3.04. The largest absolute Gasteiger partial charge is 0.452 e. The van der Waals surface area contributed by atoms with Gasteiger partial charge in [-0.25, -0.2) is 9.18 Å². The molecule has 0 saturated carbocycles. The Balaban J connectivity index is 1.96. The van der Waals surface area contributed by atoms with E-state index in [0.29, 0.717) is 11.3 Å². The number of halogens is 2. The van der Waals surface area contributed by atoms with E-state index in [2.05, 4.69) is 21.2 Å². The molecule has 25 heavy (non-hydrogen) atoms. The average molecular weight is 411 g/mol. The number of nitrogens with one attached hydrogen (secondary N) is 1. The van der Waals surface area contributed by atoms with Gasteiger partial charge in [-0.05, 0) is 52.7 Å². The van der Waals surface area contributed by atoms with Crippen LogP contribution in [0.25, 0.3) is 0 Å². The second-order valence-corrected chi connectivity index (χ2v) is 5.86. The molecule has 0 heterocycles. The number of aryl methyl sites for hydroxylation is 1. The number of non-ortho nitro benzene ring substituents is 1. The van der Waals surface area contributed by atoms with Crippen molar-refractivity contribution < 1.29 is 23.6 Å². The minimum absolute atomic E-state index is 0.0840. The van der Waals surface area contributed by atoms with Crippen LogP contribution >= 0.6 is 15.9 Å². The number of rotatable bonds is 5. The highest BCUT2D eigenvalue weighted by Gasteiger charge is 2.15. The zero-order valence-corrected chi connectivity index (χ0v) is 14.5. The highest BCUT2D eigenvalue weighted by Crippen LogP contribution is 2.21. The second-order valence-electron chi connectivity index (χ2n) is 5.00. The highest BCUT2D eigenvalue weighted by molar-refractivity contribution is 9.10. The fourth-order valence-corrected chi connectivity index (χ4v) is 2.46. The van der Waals surface area contributed by atoms with Crippen LogP contribution in [0.3, 0.4) is 0 Å². The number of nitro benzene ring substituents is 1. The Hall–Kier alpha value is -2.81. The summed E-state index contributed by atoms with van der Waals surface area (Å²) in [6.07, 6.45) is 0. The molecule has 0 spiro atoms. The molecule has 0 bridgehead atoms. The van der Waals surface area contributed by atoms with Crippen molar-refractivity contribution in [1.82, 2.24) is 0 Å². The van der Waals surface area contributed by atoms with Crippen molar-refractivity contribution in [3.8, 4) is 0 Å². The quantitative estimate of drug-likeness (QED) is 0.461. The summed E-state index contributed by atoms with van der Waals surface area (Å²) in [6, 6.07) is 7.41. The first-order valence-corrected chi connectivity index (χ1v) is 7.74. The van der Waals surface area contributed by atoms with Gasteiger partial charge in [0, 0.05) is 22.3 Å². The third-order valence-electron chi connectivity index (χ3n) is 3.18. The van der Waals surface area contributed by atoms with Crippen molar-refractivity contribution in [2.75, 3.05) is 11.9 Å². The fraction of sp³-hybridized carbons (Fsp3) is 0.125. The van der Waals surface area contributed by atoms with Crippen LogP contribution in [0.5, 0.6) is 0 Å². The lowest BCUT2D eigenvalue weighted by atomic mass is 10.2. The Morgan fingerprint density at radius 3 is 2.60 bits per heavy atom. The van der Waals surface area contributed by atoms with Crippen LogP contribution < -0.4 is 5.32 Å². The molecule has 130 valence electrons. The van der Waals surface area contributed by atoms with Crippen LogP contribution in [-0.2, 0) is 9.53 Å². The van der Waals surface area contributed by atoms with Gasteiger partial charge >= 0.3 is 5.97 Å². The van der Waals surface area contributed by atoms with E-state index in [1.807, 2.05) is 0 Å². The van der Waals surface area contributed by atoms with Crippen molar-refractivity contribution in [2.45, 2.75) is 6.92 Å². The molecule has 0 radical (unpaired) electrons. The van der Waals surface area contributed by atoms with Crippen LogP contribution in [-0.4, -0.2) is 23.4 Å². The van der Waals surface area contributed by atoms with Gasteiger partial charge in [0.2, 0.25) is 0 Å². The second kappa shape index (κ2) is 7.84. The first kappa shape index (κ1) is 18.5. The van der Waals surface area contributed by atoms with Crippen molar-refractivity contribution in [1.29, 1.82) is 0 Å². The topological polar surface area (TPSA) is 98.5 Å². The molecule has 1 N–H and O–H groups in total. The summed E-state index contributed by atoms with van der Waals surface area (Å²) in [5, 5.41) is 13.2. The minimum atomic E-state index is -0.789. The van der Waals surface area contributed by atoms with Crippen LogP contribution in [0.4, 0.5) is 15.8 Å². The maximum absolute atomic E-state index is 13.0. The van der Waals surface area contributed by atoms with E-state index in [9.17, 15) is 24.1 Å². The van der Waals surface area contributed by atoms with E-state index in [-0.39, 0.29) is 15.7 Å². The van der Waals surface area contributed by atoms with Gasteiger partial charge in [0.25, 0.3) is 11.6 Å². The van der Waals surface area contributed by atoms with Gasteiger partial charge in [0.15, 0.2) is 6.61 Å². The molecular weight excluding hydrogens is 399 g/mol. The predicted octanol–water partition coefficient (Wildman–Crippen LogP) is 3.60. The maximum Gasteiger partial charge on any atom is 0.339 e. The Morgan fingerprint density at radius 2 is 2.00 bits per heavy atom. The van der Waals surface area contributed by atoms with E-state index in [0.717, 1.165) is 12.1 Å². The molecule has 0 atom stereocenters. The number of nitrogens with zero attached hydrogens (tertiary/aromatic N) is 1. The molecule has 0 unspecified atom stereocenters. The number of anilines is 1. The summed E-state index contributed by atoms with van der Waals surface area (Å²) in [4.78, 5) is 33.9. The first-order valence-electron chi connectivity index (χ1n) is 6.95. The number of hydrogen-bond acceptors (Lipinski definition) is 5. The molecule has 0 saturated heterocycles. The number of hydrogen-bond donors (Lipinski definition) is 1. The predicted molar refractivity (Wildman–Crippen MR) is 90.8 cm³/mol. The third kappa shape index (κ3) is 4.83. The van der Waals surface area contributed by atoms with Gasteiger partial charge in [0.1, 0.15) is 5.82 Å². The summed E-state index contributed by atoms with van der Waals surface area (Å²) in [5.74, 6) is -1.92. The number of nitro groups is 1. The van der Waals surface area contributed by atoms with Gasteiger partial charge in [-0.3, -0.25) is 14.9 Å². The van der Waals surface area contributed by atoms with E-state index in [4.69, 9.17) is 4.74 Å². The maximum atomic E-state index is 13.0. The molecule has 0 aliphatic heterocycles. The van der Waals surface area contributed by atoms with Crippen LogP contribution in [0.1, 0.15) is 15.9 Å². The molecular formula is C16H12BrFN2O5. The van der Waals surface area contributed by atoms with Gasteiger partial charge in [-0.1, -0.05) is 0 Å². The highest BCUT2D eigenvalue weighted by atomic mass is 79.9. The average Bonchev–Trinajstić information content (AvgIpc) is 2.54. The molecule has 7 nitrogen and oxygen atoms in total. The normalized spacial score (nSPS) is 10.2. The zero-order chi connectivity index (χ0) is 18.6. The van der Waals surface area contributed by atoms with Crippen molar-refractivity contribution in [3.63, 3.8) is 0 Å². The van der Waals surface area contributed by atoms with E-state index in [1.165, 1.54) is 24.3 Å². The van der Waals surface area contributed by atoms with Gasteiger partial charge in [-0.15, -0.1) is 0 Å². The van der Waals surface area contributed by atoms with Crippen molar-refractivity contribution in [3.05, 3.63) is 67.9 Å². The fourth-order valence-electron chi connectivity index (χ4n) is 1.95. The Kier molecular flexibility index (Phi) is 5.81. The Morgan fingerprint density at radius 1 is 1.28 bits per heavy atom. The summed E-state index contributed by atoms with van der Waals surface area (Å²) in [7, 11) is 0. The molecule has 0 aliphatic rings. The molecule has 0 aromatic heterocycles. The lowest BCUT2D eigenvalue weighted by molar-refractivity contribution is -0.384. The number of benzene rings is 2. The Labute approximate surface area is 150 Å². The smallest absolute Gasteiger partial charge is 0.339 e. The van der Waals surface area contributed by atoms with Crippen LogP contribution in [0.2, 0.25) is 0 Å². The van der Waals surface area contributed by atoms with Gasteiger partial charge < -0.3 is 10.1 Å². The molecule has 9 heteroatoms. The molecule has 2 aromatic rings. The molecule has 0 fully saturated rings. The third-order valence-corrected chi connectivity index (χ3v) is 3.84. The first-order chi connectivity index (χ1) is 11.8. The molecule has 1 amide bonds. The molecule has 2 aromatic carbocycles. The van der Waals surface area contributed by atoms with E-state index < -0.39 is 29.2 Å². The summed E-state index contributed by atoms with van der Waals surface area (Å²) in [6.45, 7) is 1.04. The summed E-state index contributed by atoms with van der Waals surface area (Å²) < 4.78 is 18.1. The number of ether oxygens (including phenoxy) is 1. The number of amides is 1. The van der Waals surface area contributed by atoms with E-state index in [1.54, 1.807) is 6.92 Å². The summed E-state index contributed by atoms with van der Waals surface area (Å²) in [5.41, 5.74) is 0.855. The van der Waals surface area contributed by atoms with Gasteiger partial charge in [0.05, 0.1) is 10.5 Å². The van der Waals surface area contributed by atoms with Crippen LogP contribution in [0, 0.1) is 22.9 Å². The SMILES string of the molecule is Cc1cc([N+](=O)[O-])ccc1NC(=O)COC(=O)c1ccc(F)cc1Br. The standard InChI is InChI=1S/C16H12BrFN2O5/c1-9-6-11(20(23)24)3-5-14(9)19-15(21)8-25-16(22)12-4-2-10(18)7-13(12)17/h2-7H,8H2,1H3,(H,19,21). The van der Waals surface area contributed by atoms with E-state index >= 15 is 0 Å². The van der Waals surface area contributed by atoms with Crippen molar-refractivity contribution >= 4 is 39.2 Å². The number of carbonyl (C=O) groups is 2. The molecule has 0 aliphatic carbocycles. The van der Waals surface area contributed by atoms with Gasteiger partial charge in [-0.2, -0.15) is 0 Å². The zero-order valence-electron chi connectivity index (χ0n) is 12.9. The minimum Gasteiger partial charge on any atom is -0.452 e. The monoisotopic (exact) mass is 410 g/mol. The Bertz CT molecular complexity index is 856. The number of carbonyl (C=O) groups excluding carboxylic acids is 2. The number of esters is 1.